The Balaban J connectivity index is 0.00000128. The Hall–Kier alpha value is -5.33. The molecule has 2 aliphatic heterocycles. The van der Waals surface area contributed by atoms with Gasteiger partial charge in [0.25, 0.3) is 18.3 Å². The van der Waals surface area contributed by atoms with Crippen LogP contribution in [0, 0.1) is 12.8 Å². The zero-order chi connectivity index (χ0) is 31.9. The van der Waals surface area contributed by atoms with Crippen molar-refractivity contribution in [2.45, 2.75) is 19.3 Å². The van der Waals surface area contributed by atoms with Gasteiger partial charge in [-0.3, -0.25) is 19.2 Å². The van der Waals surface area contributed by atoms with E-state index < -0.39 is 5.92 Å². The number of fused-ring (bicyclic) bond motifs is 5. The van der Waals surface area contributed by atoms with E-state index in [1.165, 1.54) is 0 Å². The highest BCUT2D eigenvalue weighted by atomic mass is 16.5. The lowest BCUT2D eigenvalue weighted by Gasteiger charge is -2.25. The van der Waals surface area contributed by atoms with Crippen molar-refractivity contribution in [3.63, 3.8) is 0 Å². The molecule has 0 spiro atoms. The third-order valence-corrected chi connectivity index (χ3v) is 7.98. The van der Waals surface area contributed by atoms with Crippen molar-refractivity contribution < 1.29 is 38.3 Å². The number of aryl methyl sites for hydroxylation is 1. The summed E-state index contributed by atoms with van der Waals surface area (Å²) in [6.45, 7) is 3.50. The van der Waals surface area contributed by atoms with Crippen LogP contribution in [0.5, 0.6) is 11.5 Å². The number of hydrogen-bond donors (Lipinski definition) is 3. The Morgan fingerprint density at radius 3 is 2.56 bits per heavy atom. The van der Waals surface area contributed by atoms with Crippen molar-refractivity contribution in [1.82, 2.24) is 25.3 Å². The molecule has 0 saturated carbocycles. The number of methoxy groups -OCH3 is 1. The largest absolute Gasteiger partial charge is 0.493 e. The minimum atomic E-state index is -0.477. The van der Waals surface area contributed by atoms with Crippen LogP contribution in [-0.4, -0.2) is 95.7 Å². The minimum absolute atomic E-state index is 0.137. The standard InChI is InChI=1S/C31H33N5O6.CH2O2/c1-19-14-26(34-42-19)31(39)36-17-22-20-8-9-27(40-2)28(16-20)41-13-12-35(11-5-10-32-29(37)23(22)18-36)30(38)25-15-21-6-3-4-7-24(21)33-25;2-1-3/h3-4,6-9,14-16,22-23,33H,5,10-13,17-18H2,1-2H3,(H,32,37);1H,(H,2,3)/t22-,23+;/m1./s1. The second-order valence-corrected chi connectivity index (χ2v) is 10.8. The number of para-hydroxylation sites is 1. The maximum atomic E-state index is 13.5. The quantitative estimate of drug-likeness (QED) is 0.293. The summed E-state index contributed by atoms with van der Waals surface area (Å²) >= 11 is 0. The molecule has 1 fully saturated rings. The van der Waals surface area contributed by atoms with Gasteiger partial charge < -0.3 is 39.2 Å². The van der Waals surface area contributed by atoms with Gasteiger partial charge in [0.05, 0.1) is 19.6 Å². The van der Waals surface area contributed by atoms with Gasteiger partial charge in [0.15, 0.2) is 17.2 Å². The van der Waals surface area contributed by atoms with Crippen molar-refractivity contribution in [3.8, 4) is 11.5 Å². The van der Waals surface area contributed by atoms with E-state index >= 15 is 0 Å². The highest BCUT2D eigenvalue weighted by Gasteiger charge is 2.41. The van der Waals surface area contributed by atoms with E-state index in [1.54, 1.807) is 29.9 Å². The number of carbonyl (C=O) groups is 4. The van der Waals surface area contributed by atoms with Gasteiger partial charge in [0, 0.05) is 49.1 Å². The highest BCUT2D eigenvalue weighted by Crippen LogP contribution is 2.38. The number of hydrogen-bond acceptors (Lipinski definition) is 8. The molecule has 1 saturated heterocycles. The molecule has 13 nitrogen and oxygen atoms in total. The number of likely N-dealkylation sites (tertiary alicyclic amines) is 1. The molecule has 0 radical (unpaired) electrons. The summed E-state index contributed by atoms with van der Waals surface area (Å²) < 4.78 is 16.8. The first-order chi connectivity index (χ1) is 21.8. The number of nitrogens with one attached hydrogen (secondary N) is 2. The van der Waals surface area contributed by atoms with Gasteiger partial charge >= 0.3 is 0 Å². The van der Waals surface area contributed by atoms with Crippen LogP contribution in [0.15, 0.2) is 59.1 Å². The molecule has 236 valence electrons. The Labute approximate surface area is 259 Å². The van der Waals surface area contributed by atoms with Gasteiger partial charge in [-0.05, 0) is 43.2 Å². The van der Waals surface area contributed by atoms with Crippen LogP contribution in [0.2, 0.25) is 0 Å². The molecule has 2 bridgehead atoms. The molecule has 13 heteroatoms. The van der Waals surface area contributed by atoms with E-state index in [4.69, 9.17) is 23.9 Å². The second kappa shape index (κ2) is 14.0. The summed E-state index contributed by atoms with van der Waals surface area (Å²) in [5.41, 5.74) is 2.48. The number of aromatic nitrogens is 2. The van der Waals surface area contributed by atoms with Crippen LogP contribution in [0.4, 0.5) is 0 Å². The van der Waals surface area contributed by atoms with Gasteiger partial charge in [0.1, 0.15) is 18.1 Å². The molecule has 0 unspecified atom stereocenters. The van der Waals surface area contributed by atoms with Gasteiger partial charge in [-0.2, -0.15) is 0 Å². The fraction of sp³-hybridized carbons (Fsp3) is 0.344. The number of ether oxygens (including phenoxy) is 2. The van der Waals surface area contributed by atoms with Gasteiger partial charge in [0.2, 0.25) is 5.91 Å². The molecule has 3 N–H and O–H groups in total. The Morgan fingerprint density at radius 1 is 1.04 bits per heavy atom. The summed E-state index contributed by atoms with van der Waals surface area (Å²) in [5, 5.41) is 14.8. The van der Waals surface area contributed by atoms with Crippen LogP contribution in [0.3, 0.4) is 0 Å². The number of benzene rings is 2. The van der Waals surface area contributed by atoms with Crippen LogP contribution >= 0.6 is 0 Å². The summed E-state index contributed by atoms with van der Waals surface area (Å²) in [6.07, 6.45) is 0.560. The number of carboxylic acid groups (broad SMARTS) is 1. The van der Waals surface area contributed by atoms with Crippen molar-refractivity contribution in [3.05, 3.63) is 77.3 Å². The Morgan fingerprint density at radius 2 is 1.82 bits per heavy atom. The molecular formula is C32H35N5O8. The molecule has 6 rings (SSSR count). The monoisotopic (exact) mass is 617 g/mol. The average Bonchev–Trinajstić information content (AvgIpc) is 3.80. The highest BCUT2D eigenvalue weighted by molar-refractivity contribution is 5.98. The molecule has 45 heavy (non-hydrogen) atoms. The van der Waals surface area contributed by atoms with Crippen molar-refractivity contribution in [1.29, 1.82) is 0 Å². The SMILES string of the molecule is COc1ccc2cc1OCCN(C(=O)c1cc3ccccc3[nH]1)CCCNC(=O)[C@H]1CN(C(=O)c3cc(C)on3)C[C@H]21.O=CO. The maximum absolute atomic E-state index is 13.5. The lowest BCUT2D eigenvalue weighted by Crippen LogP contribution is -2.39. The topological polar surface area (TPSA) is 167 Å². The van der Waals surface area contributed by atoms with Gasteiger partial charge in [-0.1, -0.05) is 29.4 Å². The number of nitrogens with zero attached hydrogens (tertiary/aromatic N) is 3. The normalized spacial score (nSPS) is 18.5. The molecule has 2 aromatic heterocycles. The molecule has 2 aliphatic rings. The van der Waals surface area contributed by atoms with E-state index in [1.807, 2.05) is 48.5 Å². The molecule has 0 aliphatic carbocycles. The maximum Gasteiger partial charge on any atom is 0.290 e. The van der Waals surface area contributed by atoms with Crippen LogP contribution in [-0.2, 0) is 9.59 Å². The average molecular weight is 618 g/mol. The van der Waals surface area contributed by atoms with E-state index in [0.717, 1.165) is 16.5 Å². The summed E-state index contributed by atoms with van der Waals surface area (Å²) in [6, 6.07) is 16.8. The van der Waals surface area contributed by atoms with E-state index in [0.29, 0.717) is 55.6 Å². The smallest absolute Gasteiger partial charge is 0.290 e. The van der Waals surface area contributed by atoms with E-state index in [-0.39, 0.29) is 49.0 Å². The Bertz CT molecular complexity index is 1650. The molecule has 3 amide bonds. The number of H-pyrrole nitrogens is 1. The van der Waals surface area contributed by atoms with Crippen LogP contribution in [0.25, 0.3) is 10.9 Å². The summed E-state index contributed by atoms with van der Waals surface area (Å²) in [5.74, 6) is 0.320. The third kappa shape index (κ3) is 6.92. The predicted molar refractivity (Wildman–Crippen MR) is 162 cm³/mol. The lowest BCUT2D eigenvalue weighted by molar-refractivity contribution is -0.125. The first-order valence-electron chi connectivity index (χ1n) is 14.6. The van der Waals surface area contributed by atoms with Crippen molar-refractivity contribution in [2.75, 3.05) is 46.4 Å². The molecule has 4 aromatic rings. The van der Waals surface area contributed by atoms with E-state index in [9.17, 15) is 14.4 Å². The Kier molecular flexibility index (Phi) is 9.66. The number of carbonyl (C=O) groups excluding carboxylic acids is 3. The predicted octanol–water partition coefficient (Wildman–Crippen LogP) is 3.07. The number of aromatic amines is 1. The zero-order valence-electron chi connectivity index (χ0n) is 25.0. The molecule has 2 atom stereocenters. The number of amides is 3. The minimum Gasteiger partial charge on any atom is -0.493 e. The van der Waals surface area contributed by atoms with Crippen molar-refractivity contribution in [2.24, 2.45) is 5.92 Å². The lowest BCUT2D eigenvalue weighted by atomic mass is 9.88. The zero-order valence-corrected chi connectivity index (χ0v) is 25.0. The molecule has 4 heterocycles. The first kappa shape index (κ1) is 31.1. The second-order valence-electron chi connectivity index (χ2n) is 10.8. The van der Waals surface area contributed by atoms with Gasteiger partial charge in [-0.25, -0.2) is 0 Å². The van der Waals surface area contributed by atoms with Crippen LogP contribution < -0.4 is 14.8 Å². The van der Waals surface area contributed by atoms with E-state index in [2.05, 4.69) is 15.5 Å². The van der Waals surface area contributed by atoms with Crippen molar-refractivity contribution >= 4 is 35.1 Å². The van der Waals surface area contributed by atoms with Gasteiger partial charge in [-0.15, -0.1) is 0 Å². The fourth-order valence-corrected chi connectivity index (χ4v) is 5.79. The number of rotatable bonds is 3. The molecular weight excluding hydrogens is 582 g/mol. The summed E-state index contributed by atoms with van der Waals surface area (Å²) in [4.78, 5) is 55.2. The molecule has 2 aromatic carbocycles. The first-order valence-corrected chi connectivity index (χ1v) is 14.6. The third-order valence-electron chi connectivity index (χ3n) is 7.98. The summed E-state index contributed by atoms with van der Waals surface area (Å²) in [7, 11) is 1.57. The van der Waals surface area contributed by atoms with Crippen LogP contribution in [0.1, 0.15) is 44.6 Å². The fourth-order valence-electron chi connectivity index (χ4n) is 5.79.